The number of anilines is 1. The third-order valence-electron chi connectivity index (χ3n) is 3.71. The molecule has 0 aliphatic carbocycles. The first-order chi connectivity index (χ1) is 12.7. The van der Waals surface area contributed by atoms with Crippen molar-refractivity contribution >= 4 is 44.7 Å². The Bertz CT molecular complexity index is 854. The number of nitrogens with zero attached hydrogens (tertiary/aromatic N) is 2. The number of rotatable bonds is 8. The van der Waals surface area contributed by atoms with Crippen molar-refractivity contribution in [3.63, 3.8) is 0 Å². The minimum Gasteiger partial charge on any atom is -0.492 e. The minimum atomic E-state index is 0.466. The van der Waals surface area contributed by atoms with Crippen molar-refractivity contribution in [1.82, 2.24) is 9.97 Å². The van der Waals surface area contributed by atoms with Crippen LogP contribution in [-0.4, -0.2) is 23.1 Å². The van der Waals surface area contributed by atoms with Gasteiger partial charge in [-0.05, 0) is 37.1 Å². The van der Waals surface area contributed by atoms with Gasteiger partial charge in [0.15, 0.2) is 0 Å². The standard InChI is InChI=1S/C19H19BrClN3OS/c1-2-25-17-9-15(11-21)26-19(17)16-10-18(24-12-23-16)22-8-7-13-3-5-14(20)6-4-13/h3-6,9-10,12H,2,7-8,11H2,1H3,(H,22,23,24). The zero-order valence-electron chi connectivity index (χ0n) is 14.3. The Morgan fingerprint density at radius 3 is 2.73 bits per heavy atom. The van der Waals surface area contributed by atoms with Crippen LogP contribution in [-0.2, 0) is 12.3 Å². The van der Waals surface area contributed by atoms with Gasteiger partial charge < -0.3 is 10.1 Å². The summed E-state index contributed by atoms with van der Waals surface area (Å²) < 4.78 is 6.82. The maximum atomic E-state index is 5.97. The molecule has 0 radical (unpaired) electrons. The third-order valence-corrected chi connectivity index (χ3v) is 5.83. The van der Waals surface area contributed by atoms with Crippen LogP contribution in [0.1, 0.15) is 17.4 Å². The van der Waals surface area contributed by atoms with Gasteiger partial charge in [-0.15, -0.1) is 22.9 Å². The lowest BCUT2D eigenvalue weighted by Crippen LogP contribution is -2.06. The maximum absolute atomic E-state index is 5.97. The Balaban J connectivity index is 1.70. The topological polar surface area (TPSA) is 47.0 Å². The molecule has 2 aromatic heterocycles. The molecule has 2 heterocycles. The smallest absolute Gasteiger partial charge is 0.139 e. The Labute approximate surface area is 170 Å². The van der Waals surface area contributed by atoms with E-state index in [4.69, 9.17) is 16.3 Å². The van der Waals surface area contributed by atoms with Crippen LogP contribution < -0.4 is 10.1 Å². The minimum absolute atomic E-state index is 0.466. The van der Waals surface area contributed by atoms with Crippen LogP contribution >= 0.6 is 38.9 Å². The van der Waals surface area contributed by atoms with Crippen molar-refractivity contribution in [3.05, 3.63) is 57.6 Å². The number of alkyl halides is 1. The number of ether oxygens (including phenoxy) is 1. The average Bonchev–Trinajstić information content (AvgIpc) is 3.07. The fourth-order valence-corrected chi connectivity index (χ4v) is 3.92. The molecule has 0 atom stereocenters. The summed E-state index contributed by atoms with van der Waals surface area (Å²) in [6.45, 7) is 3.37. The molecule has 26 heavy (non-hydrogen) atoms. The molecule has 1 aromatic carbocycles. The molecule has 136 valence electrons. The average molecular weight is 453 g/mol. The molecule has 3 rings (SSSR count). The van der Waals surface area contributed by atoms with Gasteiger partial charge in [-0.2, -0.15) is 0 Å². The van der Waals surface area contributed by atoms with Crippen LogP contribution in [0.5, 0.6) is 5.75 Å². The van der Waals surface area contributed by atoms with Crippen LogP contribution in [0, 0.1) is 0 Å². The first kappa shape index (κ1) is 19.1. The maximum Gasteiger partial charge on any atom is 0.139 e. The van der Waals surface area contributed by atoms with E-state index in [1.165, 1.54) is 5.56 Å². The molecule has 0 spiro atoms. The molecule has 0 saturated carbocycles. The monoisotopic (exact) mass is 451 g/mol. The third kappa shape index (κ3) is 4.96. The van der Waals surface area contributed by atoms with Crippen LogP contribution in [0.3, 0.4) is 0 Å². The molecule has 7 heteroatoms. The fraction of sp³-hybridized carbons (Fsp3) is 0.263. The van der Waals surface area contributed by atoms with Crippen LogP contribution in [0.25, 0.3) is 10.6 Å². The van der Waals surface area contributed by atoms with E-state index in [2.05, 4.69) is 55.5 Å². The SMILES string of the molecule is CCOc1cc(CCl)sc1-c1cc(NCCc2ccc(Br)cc2)ncn1. The van der Waals surface area contributed by atoms with Gasteiger partial charge in [-0.1, -0.05) is 28.1 Å². The van der Waals surface area contributed by atoms with Crippen molar-refractivity contribution in [3.8, 4) is 16.3 Å². The second kappa shape index (κ2) is 9.35. The molecule has 0 aliphatic heterocycles. The number of aromatic nitrogens is 2. The van der Waals surface area contributed by atoms with Crippen molar-refractivity contribution in [2.45, 2.75) is 19.2 Å². The Kier molecular flexibility index (Phi) is 6.88. The first-order valence-corrected chi connectivity index (χ1v) is 10.5. The lowest BCUT2D eigenvalue weighted by atomic mass is 10.1. The van der Waals surface area contributed by atoms with Crippen LogP contribution in [0.2, 0.25) is 0 Å². The molecule has 0 fully saturated rings. The van der Waals surface area contributed by atoms with E-state index in [1.54, 1.807) is 17.7 Å². The van der Waals surface area contributed by atoms with Gasteiger partial charge in [0, 0.05) is 22.0 Å². The number of benzene rings is 1. The van der Waals surface area contributed by atoms with Gasteiger partial charge in [0.1, 0.15) is 17.9 Å². The van der Waals surface area contributed by atoms with Gasteiger partial charge in [0.2, 0.25) is 0 Å². The van der Waals surface area contributed by atoms with Crippen molar-refractivity contribution in [2.75, 3.05) is 18.5 Å². The highest BCUT2D eigenvalue weighted by molar-refractivity contribution is 9.10. The van der Waals surface area contributed by atoms with Gasteiger partial charge in [-0.3, -0.25) is 0 Å². The summed E-state index contributed by atoms with van der Waals surface area (Å²) in [5.41, 5.74) is 2.12. The van der Waals surface area contributed by atoms with E-state index >= 15 is 0 Å². The number of halogens is 2. The summed E-state index contributed by atoms with van der Waals surface area (Å²) in [5.74, 6) is 2.09. The molecule has 0 saturated heterocycles. The number of thiophene rings is 1. The highest BCUT2D eigenvalue weighted by Crippen LogP contribution is 2.38. The van der Waals surface area contributed by atoms with E-state index in [9.17, 15) is 0 Å². The summed E-state index contributed by atoms with van der Waals surface area (Å²) >= 11 is 11.0. The highest BCUT2D eigenvalue weighted by atomic mass is 79.9. The number of hydrogen-bond donors (Lipinski definition) is 1. The predicted octanol–water partition coefficient (Wildman–Crippen LogP) is 5.76. The zero-order chi connectivity index (χ0) is 18.4. The molecule has 0 bridgehead atoms. The Hall–Kier alpha value is -1.63. The summed E-state index contributed by atoms with van der Waals surface area (Å²) in [5, 5.41) is 3.37. The van der Waals surface area contributed by atoms with E-state index in [0.717, 1.165) is 44.5 Å². The quantitative estimate of drug-likeness (QED) is 0.441. The Morgan fingerprint density at radius 1 is 1.19 bits per heavy atom. The molecular formula is C19H19BrClN3OS. The zero-order valence-corrected chi connectivity index (χ0v) is 17.5. The lowest BCUT2D eigenvalue weighted by molar-refractivity contribution is 0.342. The molecule has 0 unspecified atom stereocenters. The van der Waals surface area contributed by atoms with Crippen LogP contribution in [0.4, 0.5) is 5.82 Å². The molecule has 1 N–H and O–H groups in total. The predicted molar refractivity (Wildman–Crippen MR) is 112 cm³/mol. The number of hydrogen-bond acceptors (Lipinski definition) is 5. The summed E-state index contributed by atoms with van der Waals surface area (Å²) in [6, 6.07) is 12.3. The van der Waals surface area contributed by atoms with E-state index < -0.39 is 0 Å². The van der Waals surface area contributed by atoms with Crippen molar-refractivity contribution < 1.29 is 4.74 Å². The highest BCUT2D eigenvalue weighted by Gasteiger charge is 2.14. The van der Waals surface area contributed by atoms with Gasteiger partial charge in [-0.25, -0.2) is 9.97 Å². The van der Waals surface area contributed by atoms with Crippen molar-refractivity contribution in [1.29, 1.82) is 0 Å². The fourth-order valence-electron chi connectivity index (χ4n) is 2.49. The summed E-state index contributed by atoms with van der Waals surface area (Å²) in [6.07, 6.45) is 2.50. The van der Waals surface area contributed by atoms with Gasteiger partial charge in [0.25, 0.3) is 0 Å². The molecular weight excluding hydrogens is 434 g/mol. The normalized spacial score (nSPS) is 10.7. The van der Waals surface area contributed by atoms with Crippen LogP contribution in [0.15, 0.2) is 47.2 Å². The second-order valence-electron chi connectivity index (χ2n) is 5.56. The summed E-state index contributed by atoms with van der Waals surface area (Å²) in [7, 11) is 0. The lowest BCUT2D eigenvalue weighted by Gasteiger charge is -2.08. The Morgan fingerprint density at radius 2 is 2.00 bits per heavy atom. The summed E-state index contributed by atoms with van der Waals surface area (Å²) in [4.78, 5) is 10.8. The molecule has 0 aliphatic rings. The molecule has 3 aromatic rings. The molecule has 0 amide bonds. The van der Waals surface area contributed by atoms with E-state index in [1.807, 2.05) is 19.1 Å². The largest absolute Gasteiger partial charge is 0.492 e. The first-order valence-electron chi connectivity index (χ1n) is 8.31. The van der Waals surface area contributed by atoms with Gasteiger partial charge >= 0.3 is 0 Å². The molecule has 4 nitrogen and oxygen atoms in total. The number of nitrogens with one attached hydrogen (secondary N) is 1. The second-order valence-corrected chi connectivity index (χ2v) is 7.88. The van der Waals surface area contributed by atoms with E-state index in [-0.39, 0.29) is 0 Å². The van der Waals surface area contributed by atoms with Crippen molar-refractivity contribution in [2.24, 2.45) is 0 Å². The van der Waals surface area contributed by atoms with Gasteiger partial charge in [0.05, 0.1) is 23.1 Å². The van der Waals surface area contributed by atoms with E-state index in [0.29, 0.717) is 12.5 Å².